The van der Waals surface area contributed by atoms with Gasteiger partial charge in [0.2, 0.25) is 0 Å². The highest BCUT2D eigenvalue weighted by Crippen LogP contribution is 2.23. The molecular formula is C16H18BrNO2. The molecule has 2 rings (SSSR count). The molecule has 1 unspecified atom stereocenters. The summed E-state index contributed by atoms with van der Waals surface area (Å²) in [6.07, 6.45) is 3.39. The fourth-order valence-electron chi connectivity index (χ4n) is 1.96. The SMILES string of the molecule is CC(C)Oc1cncc(C(O)Cc2cccc(Br)c2)c1. The number of aromatic nitrogens is 1. The first kappa shape index (κ1) is 15.0. The van der Waals surface area contributed by atoms with Crippen molar-refractivity contribution in [2.45, 2.75) is 32.5 Å². The van der Waals surface area contributed by atoms with Gasteiger partial charge in [0.1, 0.15) is 5.75 Å². The molecule has 20 heavy (non-hydrogen) atoms. The average Bonchev–Trinajstić information content (AvgIpc) is 2.38. The molecule has 0 aliphatic heterocycles. The second-order valence-electron chi connectivity index (χ2n) is 4.97. The molecule has 0 amide bonds. The van der Waals surface area contributed by atoms with Crippen LogP contribution in [0.3, 0.4) is 0 Å². The molecule has 1 N–H and O–H groups in total. The molecule has 1 atom stereocenters. The number of aliphatic hydroxyl groups is 1. The molecule has 106 valence electrons. The predicted octanol–water partition coefficient (Wildman–Crippen LogP) is 3.91. The smallest absolute Gasteiger partial charge is 0.138 e. The Morgan fingerprint density at radius 1 is 1.25 bits per heavy atom. The molecule has 1 aromatic carbocycles. The third kappa shape index (κ3) is 4.32. The Hall–Kier alpha value is -1.39. The van der Waals surface area contributed by atoms with Gasteiger partial charge in [-0.15, -0.1) is 0 Å². The maximum Gasteiger partial charge on any atom is 0.138 e. The van der Waals surface area contributed by atoms with Gasteiger partial charge in [-0.2, -0.15) is 0 Å². The van der Waals surface area contributed by atoms with Crippen LogP contribution < -0.4 is 4.74 Å². The van der Waals surface area contributed by atoms with Crippen LogP contribution in [-0.4, -0.2) is 16.2 Å². The normalized spacial score (nSPS) is 12.4. The van der Waals surface area contributed by atoms with Crippen molar-refractivity contribution in [1.29, 1.82) is 0 Å². The van der Waals surface area contributed by atoms with Gasteiger partial charge in [0, 0.05) is 22.7 Å². The lowest BCUT2D eigenvalue weighted by Crippen LogP contribution is -2.07. The third-order valence-corrected chi connectivity index (χ3v) is 3.30. The minimum atomic E-state index is -0.590. The Labute approximate surface area is 127 Å². The van der Waals surface area contributed by atoms with Crippen LogP contribution in [0.1, 0.15) is 31.1 Å². The van der Waals surface area contributed by atoms with Crippen LogP contribution in [0.15, 0.2) is 47.2 Å². The zero-order valence-electron chi connectivity index (χ0n) is 11.6. The van der Waals surface area contributed by atoms with E-state index in [2.05, 4.69) is 20.9 Å². The van der Waals surface area contributed by atoms with Gasteiger partial charge in [0.15, 0.2) is 0 Å². The van der Waals surface area contributed by atoms with Gasteiger partial charge in [-0.25, -0.2) is 0 Å². The first-order valence-electron chi connectivity index (χ1n) is 6.58. The summed E-state index contributed by atoms with van der Waals surface area (Å²) in [5.41, 5.74) is 1.84. The Bertz CT molecular complexity index is 572. The van der Waals surface area contributed by atoms with Crippen molar-refractivity contribution in [3.8, 4) is 5.75 Å². The summed E-state index contributed by atoms with van der Waals surface area (Å²) < 4.78 is 6.60. The summed E-state index contributed by atoms with van der Waals surface area (Å²) in [7, 11) is 0. The van der Waals surface area contributed by atoms with Crippen molar-refractivity contribution in [1.82, 2.24) is 4.98 Å². The summed E-state index contributed by atoms with van der Waals surface area (Å²) in [4.78, 5) is 4.12. The van der Waals surface area contributed by atoms with Gasteiger partial charge in [-0.1, -0.05) is 28.1 Å². The second-order valence-corrected chi connectivity index (χ2v) is 5.89. The molecule has 0 saturated heterocycles. The van der Waals surface area contributed by atoms with Gasteiger partial charge < -0.3 is 9.84 Å². The minimum absolute atomic E-state index is 0.0919. The summed E-state index contributed by atoms with van der Waals surface area (Å²) >= 11 is 3.43. The highest BCUT2D eigenvalue weighted by atomic mass is 79.9. The Morgan fingerprint density at radius 3 is 2.75 bits per heavy atom. The van der Waals surface area contributed by atoms with Gasteiger partial charge >= 0.3 is 0 Å². The van der Waals surface area contributed by atoms with Crippen LogP contribution in [0.4, 0.5) is 0 Å². The van der Waals surface area contributed by atoms with E-state index in [4.69, 9.17) is 4.74 Å². The standard InChI is InChI=1S/C16H18BrNO2/c1-11(2)20-15-8-13(9-18-10-15)16(19)7-12-4-3-5-14(17)6-12/h3-6,8-11,16,19H,7H2,1-2H3. The van der Waals surface area contributed by atoms with Crippen LogP contribution in [-0.2, 0) is 6.42 Å². The fourth-order valence-corrected chi connectivity index (χ4v) is 2.41. The first-order chi connectivity index (χ1) is 9.54. The Morgan fingerprint density at radius 2 is 2.05 bits per heavy atom. The zero-order chi connectivity index (χ0) is 14.5. The maximum atomic E-state index is 10.3. The third-order valence-electron chi connectivity index (χ3n) is 2.81. The molecule has 1 heterocycles. The molecule has 1 aromatic heterocycles. The summed E-state index contributed by atoms with van der Waals surface area (Å²) in [6.45, 7) is 3.93. The van der Waals surface area contributed by atoms with E-state index in [9.17, 15) is 5.11 Å². The second kappa shape index (κ2) is 6.86. The Balaban J connectivity index is 2.10. The summed E-state index contributed by atoms with van der Waals surface area (Å²) in [5, 5.41) is 10.3. The molecule has 0 fully saturated rings. The van der Waals surface area contributed by atoms with Crippen molar-refractivity contribution < 1.29 is 9.84 Å². The number of ether oxygens (including phenoxy) is 1. The van der Waals surface area contributed by atoms with Crippen LogP contribution in [0.25, 0.3) is 0 Å². The van der Waals surface area contributed by atoms with E-state index in [0.717, 1.165) is 15.6 Å². The van der Waals surface area contributed by atoms with Crippen molar-refractivity contribution >= 4 is 15.9 Å². The monoisotopic (exact) mass is 335 g/mol. The highest BCUT2D eigenvalue weighted by Gasteiger charge is 2.11. The van der Waals surface area contributed by atoms with Crippen LogP contribution in [0.5, 0.6) is 5.75 Å². The minimum Gasteiger partial charge on any atom is -0.489 e. The lowest BCUT2D eigenvalue weighted by molar-refractivity contribution is 0.176. The topological polar surface area (TPSA) is 42.4 Å². The van der Waals surface area contributed by atoms with Crippen molar-refractivity contribution in [3.63, 3.8) is 0 Å². The molecule has 0 spiro atoms. The maximum absolute atomic E-state index is 10.3. The lowest BCUT2D eigenvalue weighted by atomic mass is 10.0. The Kier molecular flexibility index (Phi) is 5.15. The van der Waals surface area contributed by atoms with Crippen molar-refractivity contribution in [3.05, 3.63) is 58.3 Å². The van der Waals surface area contributed by atoms with E-state index in [-0.39, 0.29) is 6.10 Å². The number of aliphatic hydroxyl groups excluding tert-OH is 1. The van der Waals surface area contributed by atoms with E-state index in [0.29, 0.717) is 12.2 Å². The molecule has 0 saturated carbocycles. The fraction of sp³-hybridized carbons (Fsp3) is 0.312. The largest absolute Gasteiger partial charge is 0.489 e. The molecular weight excluding hydrogens is 318 g/mol. The highest BCUT2D eigenvalue weighted by molar-refractivity contribution is 9.10. The number of hydrogen-bond acceptors (Lipinski definition) is 3. The van der Waals surface area contributed by atoms with E-state index in [1.807, 2.05) is 44.2 Å². The van der Waals surface area contributed by atoms with Crippen molar-refractivity contribution in [2.75, 3.05) is 0 Å². The van der Waals surface area contributed by atoms with Gasteiger partial charge in [0.25, 0.3) is 0 Å². The molecule has 0 aliphatic carbocycles. The quantitative estimate of drug-likeness (QED) is 0.900. The van der Waals surface area contributed by atoms with Gasteiger partial charge in [-0.05, 0) is 37.6 Å². The zero-order valence-corrected chi connectivity index (χ0v) is 13.2. The average molecular weight is 336 g/mol. The van der Waals surface area contributed by atoms with E-state index in [1.165, 1.54) is 0 Å². The van der Waals surface area contributed by atoms with Crippen LogP contribution in [0.2, 0.25) is 0 Å². The lowest BCUT2D eigenvalue weighted by Gasteiger charge is -2.14. The summed E-state index contributed by atoms with van der Waals surface area (Å²) in [5.74, 6) is 0.686. The molecule has 0 radical (unpaired) electrons. The first-order valence-corrected chi connectivity index (χ1v) is 7.38. The van der Waals surface area contributed by atoms with E-state index in [1.54, 1.807) is 12.4 Å². The number of nitrogens with zero attached hydrogens (tertiary/aromatic N) is 1. The molecule has 4 heteroatoms. The molecule has 0 aliphatic rings. The number of halogens is 1. The van der Waals surface area contributed by atoms with Gasteiger partial charge in [0.05, 0.1) is 18.4 Å². The van der Waals surface area contributed by atoms with Crippen LogP contribution in [0, 0.1) is 0 Å². The molecule has 0 bridgehead atoms. The van der Waals surface area contributed by atoms with Crippen molar-refractivity contribution in [2.24, 2.45) is 0 Å². The molecule has 2 aromatic rings. The molecule has 3 nitrogen and oxygen atoms in total. The number of hydrogen-bond donors (Lipinski definition) is 1. The number of benzene rings is 1. The number of rotatable bonds is 5. The van der Waals surface area contributed by atoms with E-state index >= 15 is 0 Å². The predicted molar refractivity (Wildman–Crippen MR) is 82.8 cm³/mol. The number of pyridine rings is 1. The van der Waals surface area contributed by atoms with E-state index < -0.39 is 6.10 Å². The van der Waals surface area contributed by atoms with Crippen LogP contribution >= 0.6 is 15.9 Å². The summed E-state index contributed by atoms with van der Waals surface area (Å²) in [6, 6.07) is 9.77. The van der Waals surface area contributed by atoms with Gasteiger partial charge in [-0.3, -0.25) is 4.98 Å².